The monoisotopic (exact) mass is 323 g/mol. The van der Waals surface area contributed by atoms with Gasteiger partial charge in [-0.05, 0) is 55.9 Å². The van der Waals surface area contributed by atoms with Gasteiger partial charge >= 0.3 is 5.97 Å². The summed E-state index contributed by atoms with van der Waals surface area (Å²) in [6, 6.07) is 14.4. The maximum atomic E-state index is 11.8. The van der Waals surface area contributed by atoms with Crippen LogP contribution in [0.3, 0.4) is 0 Å². The van der Waals surface area contributed by atoms with Gasteiger partial charge in [-0.25, -0.2) is 0 Å². The molecule has 0 radical (unpaired) electrons. The van der Waals surface area contributed by atoms with Gasteiger partial charge in [-0.2, -0.15) is 0 Å². The summed E-state index contributed by atoms with van der Waals surface area (Å²) in [5.41, 5.74) is 6.08. The van der Waals surface area contributed by atoms with Crippen molar-refractivity contribution in [3.8, 4) is 0 Å². The van der Waals surface area contributed by atoms with Crippen molar-refractivity contribution in [1.29, 1.82) is 0 Å². The van der Waals surface area contributed by atoms with Crippen molar-refractivity contribution >= 4 is 5.97 Å². The second-order valence-corrected chi connectivity index (χ2v) is 6.85. The number of nitrogens with zero attached hydrogens (tertiary/aromatic N) is 1. The predicted molar refractivity (Wildman–Crippen MR) is 96.3 cm³/mol. The lowest BCUT2D eigenvalue weighted by atomic mass is 9.89. The molecule has 2 unspecified atom stereocenters. The maximum Gasteiger partial charge on any atom is 0.320 e. The van der Waals surface area contributed by atoms with Gasteiger partial charge in [0.15, 0.2) is 0 Å². The number of likely N-dealkylation sites (tertiary alicyclic amines) is 1. The van der Waals surface area contributed by atoms with Crippen molar-refractivity contribution in [1.82, 2.24) is 4.90 Å². The highest BCUT2D eigenvalue weighted by Gasteiger charge is 2.37. The molecule has 24 heavy (non-hydrogen) atoms. The van der Waals surface area contributed by atoms with Crippen molar-refractivity contribution in [3.63, 3.8) is 0 Å². The summed E-state index contributed by atoms with van der Waals surface area (Å²) in [5, 5.41) is 9.67. The lowest BCUT2D eigenvalue weighted by Gasteiger charge is -2.34. The fourth-order valence-corrected chi connectivity index (χ4v) is 3.91. The lowest BCUT2D eigenvalue weighted by Crippen LogP contribution is -2.39. The number of rotatable bonds is 4. The van der Waals surface area contributed by atoms with Crippen LogP contribution in [0.5, 0.6) is 0 Å². The van der Waals surface area contributed by atoms with E-state index in [0.29, 0.717) is 0 Å². The average molecular weight is 323 g/mol. The Morgan fingerprint density at radius 2 is 1.79 bits per heavy atom. The van der Waals surface area contributed by atoms with Gasteiger partial charge < -0.3 is 5.11 Å². The van der Waals surface area contributed by atoms with Crippen molar-refractivity contribution in [3.05, 3.63) is 70.3 Å². The molecule has 3 rings (SSSR count). The molecule has 1 fully saturated rings. The molecular weight excluding hydrogens is 298 g/mol. The second kappa shape index (κ2) is 6.78. The standard InChI is InChI=1S/C21H25NO2/c1-14-10-11-18(16(3)13-14)20(17-8-5-4-7-15(17)2)22-12-6-9-19(22)21(23)24/h4-5,7-8,10-11,13,19-20H,6,9,12H2,1-3H3,(H,23,24). The molecule has 0 spiro atoms. The summed E-state index contributed by atoms with van der Waals surface area (Å²) in [7, 11) is 0. The molecule has 3 nitrogen and oxygen atoms in total. The zero-order valence-electron chi connectivity index (χ0n) is 14.6. The van der Waals surface area contributed by atoms with E-state index in [0.717, 1.165) is 19.4 Å². The molecule has 1 N–H and O–H groups in total. The molecule has 0 aliphatic carbocycles. The minimum Gasteiger partial charge on any atom is -0.480 e. The Labute approximate surface area is 143 Å². The highest BCUT2D eigenvalue weighted by molar-refractivity contribution is 5.74. The van der Waals surface area contributed by atoms with Crippen LogP contribution in [-0.2, 0) is 4.79 Å². The first-order valence-corrected chi connectivity index (χ1v) is 8.60. The van der Waals surface area contributed by atoms with Gasteiger partial charge in [0.1, 0.15) is 6.04 Å². The number of aryl methyl sites for hydroxylation is 3. The molecule has 2 aromatic rings. The second-order valence-electron chi connectivity index (χ2n) is 6.85. The molecule has 3 heteroatoms. The Kier molecular flexibility index (Phi) is 4.72. The fourth-order valence-electron chi connectivity index (χ4n) is 3.91. The summed E-state index contributed by atoms with van der Waals surface area (Å²) in [6.07, 6.45) is 1.66. The fraction of sp³-hybridized carbons (Fsp3) is 0.381. The van der Waals surface area contributed by atoms with Crippen molar-refractivity contribution < 1.29 is 9.90 Å². The summed E-state index contributed by atoms with van der Waals surface area (Å²) in [6.45, 7) is 7.15. The molecule has 1 heterocycles. The Bertz CT molecular complexity index is 753. The summed E-state index contributed by atoms with van der Waals surface area (Å²) < 4.78 is 0. The van der Waals surface area contributed by atoms with Crippen LogP contribution in [0.1, 0.15) is 46.7 Å². The van der Waals surface area contributed by atoms with Crippen LogP contribution in [-0.4, -0.2) is 28.6 Å². The van der Waals surface area contributed by atoms with E-state index in [1.165, 1.54) is 27.8 Å². The Balaban J connectivity index is 2.14. The zero-order chi connectivity index (χ0) is 17.3. The van der Waals surface area contributed by atoms with E-state index in [2.05, 4.69) is 56.0 Å². The van der Waals surface area contributed by atoms with Crippen molar-refractivity contribution in [2.45, 2.75) is 45.7 Å². The third kappa shape index (κ3) is 3.09. The van der Waals surface area contributed by atoms with Gasteiger partial charge in [0.05, 0.1) is 6.04 Å². The third-order valence-electron chi connectivity index (χ3n) is 5.11. The van der Waals surface area contributed by atoms with Crippen molar-refractivity contribution in [2.24, 2.45) is 0 Å². The molecule has 1 aliphatic heterocycles. The topological polar surface area (TPSA) is 40.5 Å². The van der Waals surface area contributed by atoms with Crippen LogP contribution in [0.25, 0.3) is 0 Å². The maximum absolute atomic E-state index is 11.8. The smallest absolute Gasteiger partial charge is 0.320 e. The third-order valence-corrected chi connectivity index (χ3v) is 5.11. The first kappa shape index (κ1) is 16.7. The molecule has 126 valence electrons. The van der Waals surface area contributed by atoms with Crippen LogP contribution in [0, 0.1) is 20.8 Å². The number of aliphatic carboxylic acids is 1. The van der Waals surface area contributed by atoms with E-state index < -0.39 is 12.0 Å². The molecule has 0 bridgehead atoms. The summed E-state index contributed by atoms with van der Waals surface area (Å²) in [5.74, 6) is -0.712. The number of hydrogen-bond donors (Lipinski definition) is 1. The molecule has 0 amide bonds. The Hall–Kier alpha value is -2.13. The van der Waals surface area contributed by atoms with E-state index in [9.17, 15) is 9.90 Å². The van der Waals surface area contributed by atoms with Crippen molar-refractivity contribution in [2.75, 3.05) is 6.54 Å². The van der Waals surface area contributed by atoms with Gasteiger partial charge in [0.25, 0.3) is 0 Å². The first-order valence-electron chi connectivity index (χ1n) is 8.60. The molecular formula is C21H25NO2. The quantitative estimate of drug-likeness (QED) is 0.914. The van der Waals surface area contributed by atoms with E-state index >= 15 is 0 Å². The largest absolute Gasteiger partial charge is 0.480 e. The summed E-state index contributed by atoms with van der Waals surface area (Å²) in [4.78, 5) is 13.9. The van der Waals surface area contributed by atoms with Crippen LogP contribution in [0.15, 0.2) is 42.5 Å². The van der Waals surface area contributed by atoms with Gasteiger partial charge in [0.2, 0.25) is 0 Å². The molecule has 2 aromatic carbocycles. The molecule has 1 aliphatic rings. The van der Waals surface area contributed by atoms with Gasteiger partial charge in [-0.3, -0.25) is 9.69 Å². The number of carboxylic acids is 1. The van der Waals surface area contributed by atoms with E-state index in [1.54, 1.807) is 0 Å². The zero-order valence-corrected chi connectivity index (χ0v) is 14.6. The number of carbonyl (C=O) groups is 1. The molecule has 1 saturated heterocycles. The average Bonchev–Trinajstić information content (AvgIpc) is 3.01. The minimum atomic E-state index is -0.712. The molecule has 0 aromatic heterocycles. The Morgan fingerprint density at radius 3 is 2.46 bits per heavy atom. The number of benzene rings is 2. The van der Waals surface area contributed by atoms with Crippen LogP contribution < -0.4 is 0 Å². The summed E-state index contributed by atoms with van der Waals surface area (Å²) >= 11 is 0. The minimum absolute atomic E-state index is 0.00426. The Morgan fingerprint density at radius 1 is 1.08 bits per heavy atom. The van der Waals surface area contributed by atoms with Crippen LogP contribution >= 0.6 is 0 Å². The van der Waals surface area contributed by atoms with Crippen LogP contribution in [0.4, 0.5) is 0 Å². The first-order chi connectivity index (χ1) is 11.5. The van der Waals surface area contributed by atoms with Gasteiger partial charge in [-0.15, -0.1) is 0 Å². The highest BCUT2D eigenvalue weighted by atomic mass is 16.4. The van der Waals surface area contributed by atoms with E-state index in [-0.39, 0.29) is 6.04 Å². The SMILES string of the molecule is Cc1ccc(C(c2ccccc2C)N2CCCC2C(=O)O)c(C)c1. The molecule has 0 saturated carbocycles. The highest BCUT2D eigenvalue weighted by Crippen LogP contribution is 2.37. The van der Waals surface area contributed by atoms with E-state index in [4.69, 9.17) is 0 Å². The number of carboxylic acid groups (broad SMARTS) is 1. The van der Waals surface area contributed by atoms with E-state index in [1.807, 2.05) is 12.1 Å². The van der Waals surface area contributed by atoms with Gasteiger partial charge in [-0.1, -0.05) is 48.0 Å². The molecule has 2 atom stereocenters. The van der Waals surface area contributed by atoms with Crippen LogP contribution in [0.2, 0.25) is 0 Å². The predicted octanol–water partition coefficient (Wildman–Crippen LogP) is 4.25. The number of hydrogen-bond acceptors (Lipinski definition) is 2. The lowest BCUT2D eigenvalue weighted by molar-refractivity contribution is -0.142. The normalized spacial score (nSPS) is 19.4. The van der Waals surface area contributed by atoms with Gasteiger partial charge in [0, 0.05) is 6.54 Å².